The van der Waals surface area contributed by atoms with Crippen molar-refractivity contribution in [2.45, 2.75) is 168 Å². The zero-order valence-corrected chi connectivity index (χ0v) is 28.0. The van der Waals surface area contributed by atoms with E-state index in [0.717, 1.165) is 10.9 Å². The molecule has 4 fully saturated rings. The highest BCUT2D eigenvalue weighted by atomic mass is 16.7. The second kappa shape index (κ2) is 9.59. The Bertz CT molecular complexity index is 889. The highest BCUT2D eigenvalue weighted by Gasteiger charge is 2.60. The van der Waals surface area contributed by atoms with Gasteiger partial charge in [-0.05, 0) is 122 Å². The lowest BCUT2D eigenvalue weighted by Crippen LogP contribution is -2.41. The Labute approximate surface area is 244 Å². The first-order valence-corrected chi connectivity index (χ1v) is 14.9. The molecule has 0 spiro atoms. The maximum Gasteiger partial charge on any atom is 0.489 e. The zero-order valence-electron chi connectivity index (χ0n) is 28.0. The third-order valence-electron chi connectivity index (χ3n) is 10.9. The minimum atomic E-state index is -0.652. The number of allylic oxidation sites excluding steroid dienone is 2. The van der Waals surface area contributed by atoms with Gasteiger partial charge in [0.1, 0.15) is 0 Å². The van der Waals surface area contributed by atoms with Crippen LogP contribution < -0.4 is 0 Å². The summed E-state index contributed by atoms with van der Waals surface area (Å²) < 4.78 is 52.5. The molecule has 4 heterocycles. The van der Waals surface area contributed by atoms with Crippen LogP contribution in [0.25, 0.3) is 0 Å². The van der Waals surface area contributed by atoms with Crippen molar-refractivity contribution in [1.82, 2.24) is 0 Å². The Morgan fingerprint density at radius 2 is 0.500 bits per heavy atom. The fourth-order valence-electron chi connectivity index (χ4n) is 5.18. The highest BCUT2D eigenvalue weighted by Crippen LogP contribution is 2.47. The second-order valence-corrected chi connectivity index (χ2v) is 16.0. The Morgan fingerprint density at radius 3 is 0.700 bits per heavy atom. The van der Waals surface area contributed by atoms with Gasteiger partial charge in [0.25, 0.3) is 0 Å². The average Bonchev–Trinajstić information content (AvgIpc) is 3.24. The molecule has 40 heavy (non-hydrogen) atoms. The molecule has 4 saturated heterocycles. The molecule has 4 aliphatic rings. The standard InChI is InChI=1S/C28H52B4O8/c1-21(2)22(3,4)34-29(33-21)17-19(31-37-25(9,10)26(11,12)38-31)20(32-39-27(13,14)28(15,16)40-32)18-30-35-23(5,6)24(7,8)36-30/h17-18H2,1-16H3/b20-19-. The lowest BCUT2D eigenvalue weighted by molar-refractivity contribution is 0.00578. The highest BCUT2D eigenvalue weighted by molar-refractivity contribution is 6.67. The summed E-state index contributed by atoms with van der Waals surface area (Å²) in [6, 6.07) is 0. The summed E-state index contributed by atoms with van der Waals surface area (Å²) in [5, 5.41) is 0. The molecule has 0 aliphatic carbocycles. The zero-order chi connectivity index (χ0) is 30.5. The summed E-state index contributed by atoms with van der Waals surface area (Å²) in [6.45, 7) is 32.9. The Kier molecular flexibility index (Phi) is 7.81. The third kappa shape index (κ3) is 5.54. The van der Waals surface area contributed by atoms with Crippen LogP contribution in [0.4, 0.5) is 0 Å². The van der Waals surface area contributed by atoms with E-state index >= 15 is 0 Å². The maximum atomic E-state index is 6.65. The van der Waals surface area contributed by atoms with Gasteiger partial charge in [0.15, 0.2) is 0 Å². The van der Waals surface area contributed by atoms with Crippen molar-refractivity contribution in [3.05, 3.63) is 10.9 Å². The summed E-state index contributed by atoms with van der Waals surface area (Å²) in [6.07, 6.45) is 0.838. The van der Waals surface area contributed by atoms with Crippen molar-refractivity contribution in [3.8, 4) is 0 Å². The summed E-state index contributed by atoms with van der Waals surface area (Å²) in [5.74, 6) is 0. The number of hydrogen-bond donors (Lipinski definition) is 0. The minimum absolute atomic E-state index is 0.419. The Morgan fingerprint density at radius 1 is 0.325 bits per heavy atom. The molecule has 0 unspecified atom stereocenters. The molecule has 0 atom stereocenters. The fraction of sp³-hybridized carbons (Fsp3) is 0.929. The third-order valence-corrected chi connectivity index (χ3v) is 10.9. The monoisotopic (exact) mass is 560 g/mol. The summed E-state index contributed by atoms with van der Waals surface area (Å²) in [4.78, 5) is 0. The van der Waals surface area contributed by atoms with Crippen molar-refractivity contribution in [2.75, 3.05) is 0 Å². The van der Waals surface area contributed by atoms with Gasteiger partial charge in [-0.1, -0.05) is 0 Å². The van der Waals surface area contributed by atoms with Crippen LogP contribution in [0.5, 0.6) is 0 Å². The second-order valence-electron chi connectivity index (χ2n) is 16.0. The van der Waals surface area contributed by atoms with Crippen LogP contribution in [0.3, 0.4) is 0 Å². The smallest absolute Gasteiger partial charge is 0.403 e. The van der Waals surface area contributed by atoms with Crippen LogP contribution >= 0.6 is 0 Å². The van der Waals surface area contributed by atoms with E-state index in [9.17, 15) is 0 Å². The molecule has 4 aliphatic heterocycles. The SMILES string of the molecule is CC1(C)OB(C/C(B2OC(C)(C)C(C)(C)O2)=C(\CB2OC(C)(C)C(C)(C)O2)B2OC(C)(C)C(C)(C)O2)OC1(C)C. The average molecular weight is 560 g/mol. The molecule has 0 aromatic heterocycles. The van der Waals surface area contributed by atoms with E-state index in [4.69, 9.17) is 37.2 Å². The molecular weight excluding hydrogens is 508 g/mol. The van der Waals surface area contributed by atoms with Gasteiger partial charge in [-0.2, -0.15) is 0 Å². The van der Waals surface area contributed by atoms with Crippen LogP contribution in [-0.2, 0) is 37.2 Å². The van der Waals surface area contributed by atoms with E-state index in [0.29, 0.717) is 12.6 Å². The quantitative estimate of drug-likeness (QED) is 0.382. The lowest BCUT2D eigenvalue weighted by Gasteiger charge is -2.32. The topological polar surface area (TPSA) is 73.8 Å². The van der Waals surface area contributed by atoms with Crippen molar-refractivity contribution in [1.29, 1.82) is 0 Å². The number of rotatable bonds is 6. The molecule has 224 valence electrons. The lowest BCUT2D eigenvalue weighted by atomic mass is 9.54. The largest absolute Gasteiger partial charge is 0.489 e. The molecule has 0 bridgehead atoms. The molecule has 8 nitrogen and oxygen atoms in total. The van der Waals surface area contributed by atoms with Crippen LogP contribution in [-0.4, -0.2) is 73.3 Å². The van der Waals surface area contributed by atoms with E-state index < -0.39 is 73.3 Å². The Hall–Kier alpha value is -0.320. The molecule has 0 N–H and O–H groups in total. The van der Waals surface area contributed by atoms with Crippen molar-refractivity contribution in [2.24, 2.45) is 0 Å². The molecule has 12 heteroatoms. The molecule has 0 radical (unpaired) electrons. The van der Waals surface area contributed by atoms with Crippen molar-refractivity contribution < 1.29 is 37.2 Å². The van der Waals surface area contributed by atoms with Crippen LogP contribution in [0.1, 0.15) is 111 Å². The van der Waals surface area contributed by atoms with Gasteiger partial charge in [-0.25, -0.2) is 0 Å². The van der Waals surface area contributed by atoms with Gasteiger partial charge in [0.05, 0.1) is 44.8 Å². The van der Waals surface area contributed by atoms with E-state index in [1.165, 1.54) is 0 Å². The maximum absolute atomic E-state index is 6.65. The van der Waals surface area contributed by atoms with Gasteiger partial charge >= 0.3 is 28.5 Å². The first kappa shape index (κ1) is 32.6. The summed E-state index contributed by atoms with van der Waals surface area (Å²) in [5.41, 5.74) is -2.30. The predicted octanol–water partition coefficient (Wildman–Crippen LogP) is 5.73. The van der Waals surface area contributed by atoms with Crippen molar-refractivity contribution in [3.63, 3.8) is 0 Å². The van der Waals surface area contributed by atoms with Gasteiger partial charge in [0, 0.05) is 12.6 Å². The van der Waals surface area contributed by atoms with Gasteiger partial charge < -0.3 is 37.2 Å². The van der Waals surface area contributed by atoms with Gasteiger partial charge in [-0.3, -0.25) is 0 Å². The normalized spacial score (nSPS) is 31.2. The first-order valence-electron chi connectivity index (χ1n) is 14.9. The molecule has 0 amide bonds. The van der Waals surface area contributed by atoms with Gasteiger partial charge in [-0.15, -0.1) is 0 Å². The summed E-state index contributed by atoms with van der Waals surface area (Å²) >= 11 is 0. The van der Waals surface area contributed by atoms with Crippen LogP contribution in [0.2, 0.25) is 12.6 Å². The molecule has 4 rings (SSSR count). The van der Waals surface area contributed by atoms with Crippen molar-refractivity contribution >= 4 is 28.5 Å². The van der Waals surface area contributed by atoms with Crippen LogP contribution in [0.15, 0.2) is 10.9 Å². The fourth-order valence-corrected chi connectivity index (χ4v) is 5.18. The predicted molar refractivity (Wildman–Crippen MR) is 161 cm³/mol. The summed E-state index contributed by atoms with van der Waals surface area (Å²) in [7, 11) is -2.31. The van der Waals surface area contributed by atoms with E-state index in [2.05, 4.69) is 111 Å². The van der Waals surface area contributed by atoms with E-state index in [1.807, 2.05) is 0 Å². The molecule has 0 aromatic rings. The first-order chi connectivity index (χ1) is 17.7. The van der Waals surface area contributed by atoms with E-state index in [-0.39, 0.29) is 0 Å². The number of hydrogen-bond acceptors (Lipinski definition) is 8. The van der Waals surface area contributed by atoms with Gasteiger partial charge in [0.2, 0.25) is 0 Å². The van der Waals surface area contributed by atoms with E-state index in [1.54, 1.807) is 0 Å². The molecule has 0 saturated carbocycles. The molecular formula is C28H52B4O8. The Balaban J connectivity index is 1.81. The minimum Gasteiger partial charge on any atom is -0.403 e. The molecule has 0 aromatic carbocycles. The van der Waals surface area contributed by atoms with Crippen LogP contribution in [0, 0.1) is 0 Å².